The highest BCUT2D eigenvalue weighted by Gasteiger charge is 2.32. The van der Waals surface area contributed by atoms with E-state index in [9.17, 15) is 5.11 Å². The van der Waals surface area contributed by atoms with Crippen LogP contribution in [-0.2, 0) is 0 Å². The van der Waals surface area contributed by atoms with Crippen LogP contribution in [0.1, 0.15) is 47.0 Å². The zero-order chi connectivity index (χ0) is 13.0. The number of likely N-dealkylation sites (tertiary alicyclic amines) is 1. The van der Waals surface area contributed by atoms with Crippen LogP contribution in [0, 0.1) is 11.8 Å². The summed E-state index contributed by atoms with van der Waals surface area (Å²) >= 11 is 0. The van der Waals surface area contributed by atoms with Crippen molar-refractivity contribution in [2.24, 2.45) is 17.6 Å². The molecule has 1 saturated heterocycles. The highest BCUT2D eigenvalue weighted by atomic mass is 16.3. The third-order valence-electron chi connectivity index (χ3n) is 4.27. The molecule has 4 atom stereocenters. The third-order valence-corrected chi connectivity index (χ3v) is 4.27. The van der Waals surface area contributed by atoms with Crippen LogP contribution in [0.3, 0.4) is 0 Å². The molecular formula is C14H30N2O. The van der Waals surface area contributed by atoms with Gasteiger partial charge in [-0.2, -0.15) is 0 Å². The molecule has 3 nitrogen and oxygen atoms in total. The van der Waals surface area contributed by atoms with Gasteiger partial charge in [0.1, 0.15) is 0 Å². The number of nitrogens with zero attached hydrogens (tertiary/aromatic N) is 1. The van der Waals surface area contributed by atoms with Gasteiger partial charge >= 0.3 is 0 Å². The second kappa shape index (κ2) is 6.72. The summed E-state index contributed by atoms with van der Waals surface area (Å²) in [7, 11) is 0. The molecule has 1 heterocycles. The molecule has 0 radical (unpaired) electrons. The molecule has 0 aliphatic carbocycles. The van der Waals surface area contributed by atoms with E-state index in [0.717, 1.165) is 13.0 Å². The quantitative estimate of drug-likeness (QED) is 0.773. The summed E-state index contributed by atoms with van der Waals surface area (Å²) in [5, 5.41) is 9.64. The third kappa shape index (κ3) is 3.94. The molecule has 0 saturated carbocycles. The summed E-state index contributed by atoms with van der Waals surface area (Å²) in [6.45, 7) is 10.2. The van der Waals surface area contributed by atoms with Crippen molar-refractivity contribution < 1.29 is 5.11 Å². The van der Waals surface area contributed by atoms with Crippen molar-refractivity contribution in [3.05, 3.63) is 0 Å². The molecule has 0 bridgehead atoms. The topological polar surface area (TPSA) is 49.5 Å². The van der Waals surface area contributed by atoms with Crippen LogP contribution in [0.2, 0.25) is 0 Å². The maximum Gasteiger partial charge on any atom is 0.0602 e. The molecule has 3 N–H and O–H groups in total. The van der Waals surface area contributed by atoms with Crippen molar-refractivity contribution in [1.82, 2.24) is 4.90 Å². The van der Waals surface area contributed by atoms with Gasteiger partial charge in [0.05, 0.1) is 6.61 Å². The number of nitrogens with two attached hydrogens (primary N) is 1. The molecule has 0 aromatic carbocycles. The molecule has 17 heavy (non-hydrogen) atoms. The standard InChI is InChI=1S/C14H30N2O/c1-10(2)8-13(15)14(9-17)16-7-5-6-11(3)12(16)4/h10-14,17H,5-9,15H2,1-4H3. The van der Waals surface area contributed by atoms with Crippen LogP contribution in [0.4, 0.5) is 0 Å². The molecule has 3 heteroatoms. The van der Waals surface area contributed by atoms with Gasteiger partial charge in [0, 0.05) is 18.1 Å². The number of rotatable bonds is 5. The molecule has 102 valence electrons. The van der Waals surface area contributed by atoms with Gasteiger partial charge in [-0.05, 0) is 44.6 Å². The predicted molar refractivity (Wildman–Crippen MR) is 72.9 cm³/mol. The zero-order valence-corrected chi connectivity index (χ0v) is 11.9. The minimum atomic E-state index is 0.0905. The van der Waals surface area contributed by atoms with Gasteiger partial charge in [0.2, 0.25) is 0 Å². The first-order chi connectivity index (χ1) is 7.97. The Morgan fingerprint density at radius 1 is 1.35 bits per heavy atom. The monoisotopic (exact) mass is 242 g/mol. The number of hydrogen-bond acceptors (Lipinski definition) is 3. The van der Waals surface area contributed by atoms with E-state index < -0.39 is 0 Å². The second-order valence-corrected chi connectivity index (χ2v) is 6.14. The fourth-order valence-corrected chi connectivity index (χ4v) is 3.02. The first kappa shape index (κ1) is 14.9. The Labute approximate surface area is 106 Å². The van der Waals surface area contributed by atoms with E-state index in [1.165, 1.54) is 12.8 Å². The SMILES string of the molecule is CC(C)CC(N)C(CO)N1CCCC(C)C1C. The number of aliphatic hydroxyl groups is 1. The lowest BCUT2D eigenvalue weighted by Gasteiger charge is -2.44. The largest absolute Gasteiger partial charge is 0.395 e. The van der Waals surface area contributed by atoms with Gasteiger partial charge in [-0.1, -0.05) is 20.8 Å². The lowest BCUT2D eigenvalue weighted by molar-refractivity contribution is 0.0234. The maximum absolute atomic E-state index is 9.64. The minimum absolute atomic E-state index is 0.0905. The fraction of sp³-hybridized carbons (Fsp3) is 1.00. The van der Waals surface area contributed by atoms with E-state index in [1.54, 1.807) is 0 Å². The normalized spacial score (nSPS) is 30.5. The summed E-state index contributed by atoms with van der Waals surface area (Å²) in [5.41, 5.74) is 6.27. The van der Waals surface area contributed by atoms with E-state index in [-0.39, 0.29) is 18.7 Å². The van der Waals surface area contributed by atoms with Crippen LogP contribution in [0.25, 0.3) is 0 Å². The van der Waals surface area contributed by atoms with Crippen molar-refractivity contribution in [3.63, 3.8) is 0 Å². The van der Waals surface area contributed by atoms with Crippen LogP contribution < -0.4 is 5.73 Å². The number of aliphatic hydroxyl groups excluding tert-OH is 1. The summed E-state index contributed by atoms with van der Waals surface area (Å²) in [4.78, 5) is 2.43. The van der Waals surface area contributed by atoms with E-state index in [4.69, 9.17) is 5.73 Å². The highest BCUT2D eigenvalue weighted by molar-refractivity contribution is 4.89. The Hall–Kier alpha value is -0.120. The fourth-order valence-electron chi connectivity index (χ4n) is 3.02. The lowest BCUT2D eigenvalue weighted by Crippen LogP contribution is -2.57. The molecule has 0 aromatic heterocycles. The smallest absolute Gasteiger partial charge is 0.0602 e. The molecular weight excluding hydrogens is 212 g/mol. The molecule has 4 unspecified atom stereocenters. The predicted octanol–water partition coefficient (Wildman–Crippen LogP) is 1.84. The Morgan fingerprint density at radius 3 is 2.53 bits per heavy atom. The first-order valence-corrected chi connectivity index (χ1v) is 7.09. The summed E-state index contributed by atoms with van der Waals surface area (Å²) in [5.74, 6) is 1.31. The first-order valence-electron chi connectivity index (χ1n) is 7.09. The van der Waals surface area contributed by atoms with E-state index in [1.807, 2.05) is 0 Å². The Balaban J connectivity index is 2.65. The maximum atomic E-state index is 9.64. The Morgan fingerprint density at radius 2 is 2.00 bits per heavy atom. The van der Waals surface area contributed by atoms with Crippen LogP contribution in [0.5, 0.6) is 0 Å². The molecule has 1 rings (SSSR count). The summed E-state index contributed by atoms with van der Waals surface area (Å²) in [6, 6.07) is 0.766. The molecule has 1 fully saturated rings. The van der Waals surface area contributed by atoms with Gasteiger partial charge in [-0.15, -0.1) is 0 Å². The van der Waals surface area contributed by atoms with Gasteiger partial charge in [-0.3, -0.25) is 4.90 Å². The molecule has 0 aromatic rings. The summed E-state index contributed by atoms with van der Waals surface area (Å²) in [6.07, 6.45) is 3.52. The van der Waals surface area contributed by atoms with Crippen LogP contribution >= 0.6 is 0 Å². The summed E-state index contributed by atoms with van der Waals surface area (Å²) < 4.78 is 0. The number of piperidine rings is 1. The van der Waals surface area contributed by atoms with Gasteiger partial charge < -0.3 is 10.8 Å². The average molecular weight is 242 g/mol. The average Bonchev–Trinajstić information content (AvgIpc) is 2.24. The molecule has 1 aliphatic heterocycles. The molecule has 0 spiro atoms. The Bertz CT molecular complexity index is 220. The number of hydrogen-bond donors (Lipinski definition) is 2. The lowest BCUT2D eigenvalue weighted by atomic mass is 9.88. The highest BCUT2D eigenvalue weighted by Crippen LogP contribution is 2.26. The van der Waals surface area contributed by atoms with Crippen molar-refractivity contribution in [2.45, 2.75) is 65.1 Å². The van der Waals surface area contributed by atoms with Crippen molar-refractivity contribution in [3.8, 4) is 0 Å². The Kier molecular flexibility index (Phi) is 5.90. The van der Waals surface area contributed by atoms with Crippen LogP contribution in [0.15, 0.2) is 0 Å². The van der Waals surface area contributed by atoms with Crippen molar-refractivity contribution >= 4 is 0 Å². The second-order valence-electron chi connectivity index (χ2n) is 6.14. The van der Waals surface area contributed by atoms with Gasteiger partial charge in [0.15, 0.2) is 0 Å². The van der Waals surface area contributed by atoms with Gasteiger partial charge in [0.25, 0.3) is 0 Å². The zero-order valence-electron chi connectivity index (χ0n) is 11.9. The van der Waals surface area contributed by atoms with Crippen LogP contribution in [-0.4, -0.2) is 41.3 Å². The molecule has 1 aliphatic rings. The minimum Gasteiger partial charge on any atom is -0.395 e. The molecule has 0 amide bonds. The van der Waals surface area contributed by atoms with E-state index in [0.29, 0.717) is 17.9 Å². The van der Waals surface area contributed by atoms with Crippen molar-refractivity contribution in [1.29, 1.82) is 0 Å². The van der Waals surface area contributed by atoms with Crippen molar-refractivity contribution in [2.75, 3.05) is 13.2 Å². The van der Waals surface area contributed by atoms with E-state index in [2.05, 4.69) is 32.6 Å². The van der Waals surface area contributed by atoms with E-state index >= 15 is 0 Å². The van der Waals surface area contributed by atoms with Gasteiger partial charge in [-0.25, -0.2) is 0 Å².